The minimum Gasteiger partial charge on any atom is -0.360 e. The number of aliphatic imine (C=N–C) groups is 2. The van der Waals surface area contributed by atoms with Crippen molar-refractivity contribution in [3.63, 3.8) is 0 Å². The van der Waals surface area contributed by atoms with E-state index in [9.17, 15) is 9.59 Å². The molecule has 0 saturated carbocycles. The molecule has 2 aliphatic heterocycles. The highest BCUT2D eigenvalue weighted by Crippen LogP contribution is 2.33. The van der Waals surface area contributed by atoms with E-state index in [1.165, 1.54) is 38.5 Å². The molecule has 188 valence electrons. The topological polar surface area (TPSA) is 65.3 Å². The van der Waals surface area contributed by atoms with E-state index in [2.05, 4.69) is 23.6 Å². The number of hydrogen-bond donors (Lipinski definition) is 0. The second-order valence-corrected chi connectivity index (χ2v) is 9.98. The molecular weight excluding hydrogens is 448 g/mol. The Morgan fingerprint density at radius 1 is 0.611 bits per heavy atom. The van der Waals surface area contributed by atoms with Crippen molar-refractivity contribution in [2.45, 2.75) is 65.2 Å². The summed E-state index contributed by atoms with van der Waals surface area (Å²) >= 11 is 0. The van der Waals surface area contributed by atoms with Crippen molar-refractivity contribution >= 4 is 34.6 Å². The van der Waals surface area contributed by atoms with Crippen LogP contribution in [-0.4, -0.2) is 59.2 Å². The van der Waals surface area contributed by atoms with Crippen LogP contribution < -0.4 is 0 Å². The third-order valence-electron chi connectivity index (χ3n) is 7.58. The van der Waals surface area contributed by atoms with Crippen molar-refractivity contribution in [3.05, 3.63) is 58.7 Å². The second-order valence-electron chi connectivity index (χ2n) is 9.98. The Labute approximate surface area is 214 Å². The molecule has 0 N–H and O–H groups in total. The van der Waals surface area contributed by atoms with Crippen LogP contribution in [0.5, 0.6) is 0 Å². The minimum atomic E-state index is -0.116. The van der Waals surface area contributed by atoms with Crippen molar-refractivity contribution < 1.29 is 9.59 Å². The number of amidine groups is 2. The molecule has 6 heteroatoms. The molecule has 3 aliphatic rings. The van der Waals surface area contributed by atoms with E-state index in [1.54, 1.807) is 24.3 Å². The molecule has 1 aliphatic carbocycles. The van der Waals surface area contributed by atoms with Gasteiger partial charge in [-0.2, -0.15) is 0 Å². The molecule has 0 amide bonds. The van der Waals surface area contributed by atoms with E-state index in [0.717, 1.165) is 62.1 Å². The number of nitrogens with zero attached hydrogens (tertiary/aromatic N) is 4. The number of carbonyl (C=O) groups is 2. The van der Waals surface area contributed by atoms with Gasteiger partial charge in [-0.1, -0.05) is 13.8 Å². The number of benzene rings is 2. The van der Waals surface area contributed by atoms with Crippen LogP contribution in [0.4, 0.5) is 11.4 Å². The molecular formula is C30H36N4O2. The van der Waals surface area contributed by atoms with Crippen LogP contribution in [0.15, 0.2) is 46.4 Å². The summed E-state index contributed by atoms with van der Waals surface area (Å²) in [4.78, 5) is 41.4. The average Bonchev–Trinajstić information content (AvgIpc) is 2.94. The van der Waals surface area contributed by atoms with Crippen molar-refractivity contribution in [1.82, 2.24) is 9.80 Å². The zero-order chi connectivity index (χ0) is 25.1. The molecule has 2 heterocycles. The average molecular weight is 485 g/mol. The number of hydrogen-bond acceptors (Lipinski definition) is 4. The van der Waals surface area contributed by atoms with Gasteiger partial charge in [-0.15, -0.1) is 0 Å². The fourth-order valence-corrected chi connectivity index (χ4v) is 5.61. The van der Waals surface area contributed by atoms with Gasteiger partial charge >= 0.3 is 0 Å². The molecule has 0 bridgehead atoms. The van der Waals surface area contributed by atoms with Crippen LogP contribution in [0.25, 0.3) is 0 Å². The molecule has 2 aromatic rings. The number of ketones is 2. The lowest BCUT2D eigenvalue weighted by Crippen LogP contribution is -2.35. The van der Waals surface area contributed by atoms with E-state index in [4.69, 9.17) is 9.98 Å². The summed E-state index contributed by atoms with van der Waals surface area (Å²) < 4.78 is 0. The zero-order valence-corrected chi connectivity index (χ0v) is 21.6. The zero-order valence-electron chi connectivity index (χ0n) is 21.6. The lowest BCUT2D eigenvalue weighted by Gasteiger charge is -2.29. The Hall–Kier alpha value is -3.28. The first-order valence-corrected chi connectivity index (χ1v) is 13.6. The van der Waals surface area contributed by atoms with Crippen molar-refractivity contribution in [3.8, 4) is 0 Å². The van der Waals surface area contributed by atoms with E-state index < -0.39 is 0 Å². The maximum atomic E-state index is 13.4. The van der Waals surface area contributed by atoms with E-state index in [1.807, 2.05) is 12.1 Å². The summed E-state index contributed by atoms with van der Waals surface area (Å²) in [6, 6.07) is 10.8. The summed E-state index contributed by atoms with van der Waals surface area (Å²) in [7, 11) is 0. The van der Waals surface area contributed by atoms with Gasteiger partial charge in [-0.3, -0.25) is 9.59 Å². The Kier molecular flexibility index (Phi) is 7.30. The van der Waals surface area contributed by atoms with E-state index in [0.29, 0.717) is 22.3 Å². The summed E-state index contributed by atoms with van der Waals surface area (Å²) in [6.07, 6.45) is 8.99. The molecule has 2 saturated heterocycles. The van der Waals surface area contributed by atoms with Gasteiger partial charge < -0.3 is 9.80 Å². The van der Waals surface area contributed by atoms with Crippen LogP contribution in [0.3, 0.4) is 0 Å². The molecule has 0 aromatic heterocycles. The molecule has 6 nitrogen and oxygen atoms in total. The SMILES string of the molecule is CC/C(=N\c1ccc2c(c1)C(=O)c1ccc(/N=C(\CC)N3CCCCC3)cc1C2=O)N1CCCCC1. The Morgan fingerprint density at radius 3 is 1.36 bits per heavy atom. The summed E-state index contributed by atoms with van der Waals surface area (Å²) in [5.74, 6) is 1.87. The Morgan fingerprint density at radius 2 is 1.00 bits per heavy atom. The molecule has 0 spiro atoms. The smallest absolute Gasteiger partial charge is 0.194 e. The Bertz CT molecular complexity index is 1120. The highest BCUT2D eigenvalue weighted by Gasteiger charge is 2.30. The van der Waals surface area contributed by atoms with Gasteiger partial charge in [0.2, 0.25) is 0 Å². The predicted octanol–water partition coefficient (Wildman–Crippen LogP) is 6.31. The highest BCUT2D eigenvalue weighted by molar-refractivity contribution is 6.28. The molecule has 0 radical (unpaired) electrons. The largest absolute Gasteiger partial charge is 0.360 e. The third-order valence-corrected chi connectivity index (χ3v) is 7.58. The van der Waals surface area contributed by atoms with Crippen LogP contribution in [0.1, 0.15) is 97.1 Å². The van der Waals surface area contributed by atoms with Gasteiger partial charge in [-0.05, 0) is 74.9 Å². The summed E-state index contributed by atoms with van der Waals surface area (Å²) in [5, 5.41) is 0. The molecule has 5 rings (SSSR count). The fourth-order valence-electron chi connectivity index (χ4n) is 5.61. The molecule has 0 atom stereocenters. The van der Waals surface area contributed by atoms with Gasteiger partial charge in [0.15, 0.2) is 11.6 Å². The molecule has 2 aromatic carbocycles. The summed E-state index contributed by atoms with van der Waals surface area (Å²) in [5.41, 5.74) is 3.27. The number of carbonyl (C=O) groups excluding carboxylic acids is 2. The monoisotopic (exact) mass is 484 g/mol. The fraction of sp³-hybridized carbons (Fsp3) is 0.467. The molecule has 2 fully saturated rings. The van der Waals surface area contributed by atoms with Gasteiger partial charge in [0, 0.05) is 61.3 Å². The lowest BCUT2D eigenvalue weighted by molar-refractivity contribution is 0.0979. The molecule has 36 heavy (non-hydrogen) atoms. The number of piperidine rings is 2. The standard InChI is InChI=1S/C30H36N4O2/c1-3-27(33-15-7-5-8-16-33)31-21-11-13-23-25(19-21)29(35)24-14-12-22(20-26(24)30(23)36)32-28(4-2)34-17-9-6-10-18-34/h11-14,19-20H,3-10,15-18H2,1-2H3/b31-27+,32-28+. The van der Waals surface area contributed by atoms with Gasteiger partial charge in [0.25, 0.3) is 0 Å². The van der Waals surface area contributed by atoms with Crippen molar-refractivity contribution in [2.24, 2.45) is 9.98 Å². The second kappa shape index (κ2) is 10.8. The normalized spacial score (nSPS) is 18.8. The van der Waals surface area contributed by atoms with E-state index in [-0.39, 0.29) is 11.6 Å². The van der Waals surface area contributed by atoms with Gasteiger partial charge in [-0.25, -0.2) is 9.98 Å². The first-order valence-electron chi connectivity index (χ1n) is 13.6. The van der Waals surface area contributed by atoms with E-state index >= 15 is 0 Å². The minimum absolute atomic E-state index is 0.116. The number of rotatable bonds is 4. The van der Waals surface area contributed by atoms with Gasteiger partial charge in [0.05, 0.1) is 11.4 Å². The third kappa shape index (κ3) is 4.86. The van der Waals surface area contributed by atoms with Gasteiger partial charge in [0.1, 0.15) is 11.7 Å². The van der Waals surface area contributed by atoms with Crippen molar-refractivity contribution in [2.75, 3.05) is 26.2 Å². The Balaban J connectivity index is 1.44. The maximum Gasteiger partial charge on any atom is 0.194 e. The number of fused-ring (bicyclic) bond motifs is 2. The van der Waals surface area contributed by atoms with Crippen LogP contribution in [0.2, 0.25) is 0 Å². The number of likely N-dealkylation sites (tertiary alicyclic amines) is 2. The lowest BCUT2D eigenvalue weighted by atomic mass is 9.83. The van der Waals surface area contributed by atoms with Crippen LogP contribution in [-0.2, 0) is 0 Å². The molecule has 0 unspecified atom stereocenters. The van der Waals surface area contributed by atoms with Crippen molar-refractivity contribution in [1.29, 1.82) is 0 Å². The van der Waals surface area contributed by atoms with Crippen LogP contribution >= 0.6 is 0 Å². The summed E-state index contributed by atoms with van der Waals surface area (Å²) in [6.45, 7) is 8.36. The predicted molar refractivity (Wildman–Crippen MR) is 145 cm³/mol. The van der Waals surface area contributed by atoms with Crippen LogP contribution in [0, 0.1) is 0 Å². The first-order chi connectivity index (χ1) is 17.6. The highest BCUT2D eigenvalue weighted by atomic mass is 16.1. The maximum absolute atomic E-state index is 13.4. The quantitative estimate of drug-likeness (QED) is 0.321. The first kappa shape index (κ1) is 24.4.